The summed E-state index contributed by atoms with van der Waals surface area (Å²) < 4.78 is 0. The van der Waals surface area contributed by atoms with Crippen molar-refractivity contribution in [1.29, 1.82) is 0 Å². The smallest absolute Gasteiger partial charge is 0.239 e. The highest BCUT2D eigenvalue weighted by Gasteiger charge is 2.21. The lowest BCUT2D eigenvalue weighted by Crippen LogP contribution is -2.47. The Morgan fingerprint density at radius 2 is 2.06 bits per heavy atom. The molecular formula is C11H23N3O2S. The molecule has 0 aromatic rings. The first-order chi connectivity index (χ1) is 8.02. The first-order valence-electron chi connectivity index (χ1n) is 5.84. The highest BCUT2D eigenvalue weighted by atomic mass is 32.2. The summed E-state index contributed by atoms with van der Waals surface area (Å²) in [7, 11) is 0. The van der Waals surface area contributed by atoms with Crippen LogP contribution in [-0.2, 0) is 9.59 Å². The Bertz CT molecular complexity index is 249. The van der Waals surface area contributed by atoms with Crippen molar-refractivity contribution in [2.24, 2.45) is 11.5 Å². The Morgan fingerprint density at radius 3 is 2.53 bits per heavy atom. The van der Waals surface area contributed by atoms with Crippen molar-refractivity contribution in [2.45, 2.75) is 32.2 Å². The van der Waals surface area contributed by atoms with E-state index in [0.717, 1.165) is 18.6 Å². The van der Waals surface area contributed by atoms with Crippen molar-refractivity contribution in [3.05, 3.63) is 0 Å². The van der Waals surface area contributed by atoms with Crippen molar-refractivity contribution in [2.75, 3.05) is 25.1 Å². The molecule has 0 aromatic heterocycles. The van der Waals surface area contributed by atoms with E-state index < -0.39 is 11.9 Å². The lowest BCUT2D eigenvalue weighted by Gasteiger charge is -2.24. The Labute approximate surface area is 107 Å². The van der Waals surface area contributed by atoms with Gasteiger partial charge in [0.05, 0.1) is 12.6 Å². The molecule has 17 heavy (non-hydrogen) atoms. The number of hydrogen-bond donors (Lipinski definition) is 2. The van der Waals surface area contributed by atoms with Crippen LogP contribution in [0.15, 0.2) is 0 Å². The lowest BCUT2D eigenvalue weighted by atomic mass is 10.2. The molecule has 2 amide bonds. The van der Waals surface area contributed by atoms with Crippen molar-refractivity contribution in [3.8, 4) is 0 Å². The normalized spacial score (nSPS) is 12.2. The fourth-order valence-corrected chi connectivity index (χ4v) is 1.90. The Kier molecular flexibility index (Phi) is 8.89. The molecule has 0 fully saturated rings. The number of rotatable bonds is 9. The van der Waals surface area contributed by atoms with Gasteiger partial charge in [0.25, 0.3) is 0 Å². The number of amides is 2. The van der Waals surface area contributed by atoms with Gasteiger partial charge < -0.3 is 16.4 Å². The summed E-state index contributed by atoms with van der Waals surface area (Å²) in [6.45, 7) is 2.54. The highest BCUT2D eigenvalue weighted by molar-refractivity contribution is 7.98. The van der Waals surface area contributed by atoms with Gasteiger partial charge in [-0.15, -0.1) is 0 Å². The first-order valence-corrected chi connectivity index (χ1v) is 7.23. The second kappa shape index (κ2) is 9.30. The minimum Gasteiger partial charge on any atom is -0.368 e. The third-order valence-corrected chi connectivity index (χ3v) is 3.03. The fraction of sp³-hybridized carbons (Fsp3) is 0.818. The van der Waals surface area contributed by atoms with Crippen LogP contribution in [0.5, 0.6) is 0 Å². The van der Waals surface area contributed by atoms with Crippen LogP contribution in [0.4, 0.5) is 0 Å². The van der Waals surface area contributed by atoms with E-state index in [1.165, 1.54) is 4.90 Å². The summed E-state index contributed by atoms with van der Waals surface area (Å²) in [4.78, 5) is 24.3. The molecule has 0 bridgehead atoms. The van der Waals surface area contributed by atoms with Gasteiger partial charge in [-0.05, 0) is 24.9 Å². The summed E-state index contributed by atoms with van der Waals surface area (Å²) in [6, 6.07) is -0.529. The average molecular weight is 261 g/mol. The second-order valence-corrected chi connectivity index (χ2v) is 4.95. The molecule has 100 valence electrons. The largest absolute Gasteiger partial charge is 0.368 e. The van der Waals surface area contributed by atoms with Crippen LogP contribution in [0.25, 0.3) is 0 Å². The van der Waals surface area contributed by atoms with Gasteiger partial charge in [0.1, 0.15) is 0 Å². The molecule has 0 unspecified atom stereocenters. The summed E-state index contributed by atoms with van der Waals surface area (Å²) in [5.74, 6) is 0.170. The van der Waals surface area contributed by atoms with Gasteiger partial charge in [-0.2, -0.15) is 11.8 Å². The minimum absolute atomic E-state index is 0.0359. The zero-order valence-corrected chi connectivity index (χ0v) is 11.5. The molecule has 5 nitrogen and oxygen atoms in total. The number of primary amides is 1. The number of nitrogens with zero attached hydrogens (tertiary/aromatic N) is 1. The van der Waals surface area contributed by atoms with Gasteiger partial charge in [0, 0.05) is 6.54 Å². The van der Waals surface area contributed by atoms with Gasteiger partial charge in [-0.1, -0.05) is 13.3 Å². The maximum absolute atomic E-state index is 12.0. The zero-order valence-electron chi connectivity index (χ0n) is 10.6. The average Bonchev–Trinajstić information content (AvgIpc) is 2.29. The Hall–Kier alpha value is -0.750. The van der Waals surface area contributed by atoms with Crippen molar-refractivity contribution >= 4 is 23.6 Å². The van der Waals surface area contributed by atoms with Crippen LogP contribution in [0.2, 0.25) is 0 Å². The van der Waals surface area contributed by atoms with E-state index in [4.69, 9.17) is 11.5 Å². The second-order valence-electron chi connectivity index (χ2n) is 3.97. The molecule has 0 heterocycles. The molecule has 0 radical (unpaired) electrons. The molecule has 1 atom stereocenters. The molecule has 0 aliphatic carbocycles. The number of carbonyl (C=O) groups is 2. The maximum atomic E-state index is 12.0. The number of thioether (sulfide) groups is 1. The van der Waals surface area contributed by atoms with Gasteiger partial charge in [-0.25, -0.2) is 0 Å². The fourth-order valence-electron chi connectivity index (χ4n) is 1.41. The lowest BCUT2D eigenvalue weighted by molar-refractivity contribution is -0.136. The Morgan fingerprint density at radius 1 is 1.41 bits per heavy atom. The van der Waals surface area contributed by atoms with Crippen LogP contribution in [0.1, 0.15) is 26.2 Å². The van der Waals surface area contributed by atoms with Crippen LogP contribution < -0.4 is 11.5 Å². The van der Waals surface area contributed by atoms with Crippen molar-refractivity contribution < 1.29 is 9.59 Å². The molecule has 0 saturated carbocycles. The molecule has 0 spiro atoms. The van der Waals surface area contributed by atoms with Gasteiger partial charge in [0.15, 0.2) is 0 Å². The van der Waals surface area contributed by atoms with Crippen molar-refractivity contribution in [1.82, 2.24) is 4.90 Å². The predicted octanol–water partition coefficient (Wildman–Crippen LogP) is 0.181. The topological polar surface area (TPSA) is 89.4 Å². The third kappa shape index (κ3) is 7.23. The van der Waals surface area contributed by atoms with Gasteiger partial charge in [-0.3, -0.25) is 9.59 Å². The van der Waals surface area contributed by atoms with Crippen LogP contribution in [-0.4, -0.2) is 47.9 Å². The number of unbranched alkanes of at least 4 members (excludes halogenated alkanes) is 1. The van der Waals surface area contributed by atoms with Gasteiger partial charge >= 0.3 is 0 Å². The van der Waals surface area contributed by atoms with E-state index in [9.17, 15) is 9.59 Å². The van der Waals surface area contributed by atoms with Gasteiger partial charge in [0.2, 0.25) is 11.8 Å². The molecule has 0 saturated heterocycles. The molecule has 0 aliphatic heterocycles. The highest BCUT2D eigenvalue weighted by Crippen LogP contribution is 2.04. The molecule has 0 aromatic carbocycles. The summed E-state index contributed by atoms with van der Waals surface area (Å²) in [6.07, 6.45) is 4.41. The van der Waals surface area contributed by atoms with E-state index >= 15 is 0 Å². The summed E-state index contributed by atoms with van der Waals surface area (Å²) in [5, 5.41) is 0. The molecular weight excluding hydrogens is 238 g/mol. The molecule has 0 aliphatic rings. The monoisotopic (exact) mass is 261 g/mol. The van der Waals surface area contributed by atoms with Crippen molar-refractivity contribution in [3.63, 3.8) is 0 Å². The van der Waals surface area contributed by atoms with Crippen LogP contribution in [0, 0.1) is 0 Å². The van der Waals surface area contributed by atoms with E-state index in [-0.39, 0.29) is 12.5 Å². The summed E-state index contributed by atoms with van der Waals surface area (Å²) >= 11 is 1.65. The standard InChI is InChI=1S/C11H23N3O2S/c1-3-4-6-14(8-10(13)15)11(16)9(12)5-7-17-2/h9H,3-8,12H2,1-2H3,(H2,13,15)/t9-/m0/s1. The number of hydrogen-bond acceptors (Lipinski definition) is 4. The molecule has 6 heteroatoms. The van der Waals surface area contributed by atoms with Crippen LogP contribution >= 0.6 is 11.8 Å². The minimum atomic E-state index is -0.529. The van der Waals surface area contributed by atoms with E-state index in [2.05, 4.69) is 0 Å². The number of nitrogens with two attached hydrogens (primary N) is 2. The summed E-state index contributed by atoms with van der Waals surface area (Å²) in [5.41, 5.74) is 10.9. The number of carbonyl (C=O) groups excluding carboxylic acids is 2. The van der Waals surface area contributed by atoms with E-state index in [1.54, 1.807) is 11.8 Å². The Balaban J connectivity index is 4.33. The first kappa shape index (κ1) is 16.2. The maximum Gasteiger partial charge on any atom is 0.239 e. The third-order valence-electron chi connectivity index (χ3n) is 2.39. The molecule has 0 rings (SSSR count). The SMILES string of the molecule is CCCCN(CC(N)=O)C(=O)[C@@H](N)CCSC. The quantitative estimate of drug-likeness (QED) is 0.619. The van der Waals surface area contributed by atoms with E-state index in [1.807, 2.05) is 13.2 Å². The van der Waals surface area contributed by atoms with Crippen LogP contribution in [0.3, 0.4) is 0 Å². The van der Waals surface area contributed by atoms with E-state index in [0.29, 0.717) is 13.0 Å². The zero-order chi connectivity index (χ0) is 13.3. The predicted molar refractivity (Wildman–Crippen MR) is 71.7 cm³/mol. The molecule has 4 N–H and O–H groups in total.